The summed E-state index contributed by atoms with van der Waals surface area (Å²) in [5, 5.41) is 0. The number of esters is 1. The summed E-state index contributed by atoms with van der Waals surface area (Å²) in [6.07, 6.45) is 21.0. The number of carbonyl (C=O) groups excluding carboxylic acids is 1. The van der Waals surface area contributed by atoms with E-state index in [1.807, 2.05) is 30.3 Å². The van der Waals surface area contributed by atoms with Crippen molar-refractivity contribution < 1.29 is 19.0 Å². The minimum atomic E-state index is -0.356. The molecule has 0 amide bonds. The molecule has 4 heteroatoms. The molecule has 180 valence electrons. The summed E-state index contributed by atoms with van der Waals surface area (Å²) in [6.45, 7) is 3.00. The second kappa shape index (κ2) is 17.9. The maximum Gasteiger partial charge on any atom is 0.305 e. The topological polar surface area (TPSA) is 44.8 Å². The van der Waals surface area contributed by atoms with Gasteiger partial charge in [-0.3, -0.25) is 4.79 Å². The number of allylic oxidation sites excluding steroid dienone is 2. The maximum atomic E-state index is 12.0. The Kier molecular flexibility index (Phi) is 14.8. The quantitative estimate of drug-likeness (QED) is 0.132. The molecule has 2 atom stereocenters. The number of carbonyl (C=O) groups is 1. The van der Waals surface area contributed by atoms with Crippen molar-refractivity contribution in [2.45, 2.75) is 109 Å². The first-order valence-electron chi connectivity index (χ1n) is 12.9. The first-order chi connectivity index (χ1) is 15.8. The van der Waals surface area contributed by atoms with Crippen LogP contribution in [-0.2, 0) is 19.0 Å². The van der Waals surface area contributed by atoms with Crippen LogP contribution in [0.1, 0.15) is 109 Å². The van der Waals surface area contributed by atoms with Gasteiger partial charge in [0.05, 0.1) is 6.61 Å². The molecule has 2 rings (SSSR count). The van der Waals surface area contributed by atoms with E-state index in [-0.39, 0.29) is 25.0 Å². The van der Waals surface area contributed by atoms with Crippen molar-refractivity contribution in [2.24, 2.45) is 0 Å². The van der Waals surface area contributed by atoms with Gasteiger partial charge in [-0.2, -0.15) is 0 Å². The van der Waals surface area contributed by atoms with E-state index in [0.29, 0.717) is 13.0 Å². The molecule has 4 nitrogen and oxygen atoms in total. The molecule has 1 saturated heterocycles. The lowest BCUT2D eigenvalue weighted by Gasteiger charge is -2.12. The third-order valence-corrected chi connectivity index (χ3v) is 5.89. The Labute approximate surface area is 195 Å². The van der Waals surface area contributed by atoms with Crippen molar-refractivity contribution in [1.82, 2.24) is 0 Å². The minimum Gasteiger partial charge on any atom is -0.463 e. The lowest BCUT2D eigenvalue weighted by molar-refractivity contribution is -0.148. The molecule has 0 bridgehead atoms. The molecule has 1 aromatic carbocycles. The highest BCUT2D eigenvalue weighted by atomic mass is 16.7. The summed E-state index contributed by atoms with van der Waals surface area (Å²) in [5.41, 5.74) is 0.995. The molecule has 1 fully saturated rings. The fraction of sp³-hybridized carbons (Fsp3) is 0.679. The summed E-state index contributed by atoms with van der Waals surface area (Å²) in [5.74, 6) is -0.130. The SMILES string of the molecule is CCCCCCCC/C=C/CCCCCCCC(=O)OC[C@H]1CO[C@@H](c2ccccc2)O1. The maximum absolute atomic E-state index is 12.0. The number of ether oxygens (including phenoxy) is 3. The van der Waals surface area contributed by atoms with Crippen molar-refractivity contribution in [2.75, 3.05) is 13.2 Å². The van der Waals surface area contributed by atoms with Crippen LogP contribution in [0.5, 0.6) is 0 Å². The zero-order chi connectivity index (χ0) is 22.7. The van der Waals surface area contributed by atoms with E-state index < -0.39 is 0 Å². The second-order valence-electron chi connectivity index (χ2n) is 8.85. The van der Waals surface area contributed by atoms with Crippen molar-refractivity contribution in [3.8, 4) is 0 Å². The van der Waals surface area contributed by atoms with Crippen LogP contribution in [0.2, 0.25) is 0 Å². The molecule has 0 aromatic heterocycles. The van der Waals surface area contributed by atoms with Crippen LogP contribution in [0.25, 0.3) is 0 Å². The van der Waals surface area contributed by atoms with Crippen LogP contribution >= 0.6 is 0 Å². The predicted octanol–water partition coefficient (Wildman–Crippen LogP) is 7.68. The predicted molar refractivity (Wildman–Crippen MR) is 130 cm³/mol. The second-order valence-corrected chi connectivity index (χ2v) is 8.85. The van der Waals surface area contributed by atoms with E-state index in [1.165, 1.54) is 70.6 Å². The number of benzene rings is 1. The zero-order valence-electron chi connectivity index (χ0n) is 20.1. The minimum absolute atomic E-state index is 0.130. The van der Waals surface area contributed by atoms with Gasteiger partial charge in [-0.1, -0.05) is 101 Å². The highest BCUT2D eigenvalue weighted by Gasteiger charge is 2.28. The van der Waals surface area contributed by atoms with Crippen LogP contribution in [0, 0.1) is 0 Å². The molecule has 0 unspecified atom stereocenters. The summed E-state index contributed by atoms with van der Waals surface area (Å²) in [4.78, 5) is 12.0. The van der Waals surface area contributed by atoms with Crippen LogP contribution in [0.3, 0.4) is 0 Å². The number of unbranched alkanes of at least 4 members (excludes halogenated alkanes) is 11. The molecule has 1 aliphatic rings. The average Bonchev–Trinajstić information content (AvgIpc) is 3.30. The molecule has 0 N–H and O–H groups in total. The Hall–Kier alpha value is -1.65. The lowest BCUT2D eigenvalue weighted by atomic mass is 10.1. The molecule has 0 radical (unpaired) electrons. The van der Waals surface area contributed by atoms with Gasteiger partial charge in [0.2, 0.25) is 0 Å². The van der Waals surface area contributed by atoms with Gasteiger partial charge < -0.3 is 14.2 Å². The highest BCUT2D eigenvalue weighted by molar-refractivity contribution is 5.69. The summed E-state index contributed by atoms with van der Waals surface area (Å²) in [6, 6.07) is 9.84. The Morgan fingerprint density at radius 1 is 0.906 bits per heavy atom. The Morgan fingerprint density at radius 2 is 1.53 bits per heavy atom. The van der Waals surface area contributed by atoms with Gasteiger partial charge >= 0.3 is 5.97 Å². The first kappa shape index (κ1) is 26.6. The Morgan fingerprint density at radius 3 is 2.22 bits per heavy atom. The molecule has 1 aliphatic heterocycles. The van der Waals surface area contributed by atoms with Crippen molar-refractivity contribution >= 4 is 5.97 Å². The van der Waals surface area contributed by atoms with Gasteiger partial charge in [0.25, 0.3) is 0 Å². The van der Waals surface area contributed by atoms with Crippen LogP contribution in [0.4, 0.5) is 0 Å². The third kappa shape index (κ3) is 12.4. The molecular formula is C28H44O4. The highest BCUT2D eigenvalue weighted by Crippen LogP contribution is 2.26. The Balaban J connectivity index is 1.36. The lowest BCUT2D eigenvalue weighted by Crippen LogP contribution is -2.20. The van der Waals surface area contributed by atoms with Gasteiger partial charge in [-0.25, -0.2) is 0 Å². The average molecular weight is 445 g/mol. The van der Waals surface area contributed by atoms with E-state index >= 15 is 0 Å². The first-order valence-corrected chi connectivity index (χ1v) is 12.9. The molecule has 1 aromatic rings. The number of rotatable bonds is 18. The van der Waals surface area contributed by atoms with Crippen LogP contribution < -0.4 is 0 Å². The molecule has 0 saturated carbocycles. The number of hydrogen-bond acceptors (Lipinski definition) is 4. The smallest absolute Gasteiger partial charge is 0.305 e. The summed E-state index contributed by atoms with van der Waals surface area (Å²) >= 11 is 0. The standard InChI is InChI=1S/C28H44O4/c1-2-3-4-5-6-7-8-9-10-11-12-13-14-15-19-22-27(29)30-23-26-24-31-28(32-26)25-20-17-16-18-21-25/h9-10,16-18,20-21,26,28H,2-8,11-15,19,22-24H2,1H3/b10-9+/t26-,28+/m0/s1. The molecule has 1 heterocycles. The fourth-order valence-corrected chi connectivity index (χ4v) is 3.92. The fourth-order valence-electron chi connectivity index (χ4n) is 3.92. The van der Waals surface area contributed by atoms with Gasteiger partial charge in [0.15, 0.2) is 6.29 Å². The van der Waals surface area contributed by atoms with Gasteiger partial charge in [-0.15, -0.1) is 0 Å². The van der Waals surface area contributed by atoms with E-state index in [9.17, 15) is 4.79 Å². The summed E-state index contributed by atoms with van der Waals surface area (Å²) < 4.78 is 16.9. The van der Waals surface area contributed by atoms with Gasteiger partial charge in [-0.05, 0) is 32.1 Å². The monoisotopic (exact) mass is 444 g/mol. The molecule has 0 aliphatic carbocycles. The molecule has 32 heavy (non-hydrogen) atoms. The van der Waals surface area contributed by atoms with E-state index in [4.69, 9.17) is 14.2 Å². The van der Waals surface area contributed by atoms with Gasteiger partial charge in [0.1, 0.15) is 12.7 Å². The van der Waals surface area contributed by atoms with E-state index in [2.05, 4.69) is 19.1 Å². The largest absolute Gasteiger partial charge is 0.463 e. The Bertz CT molecular complexity index is 613. The normalized spacial score (nSPS) is 18.4. The van der Waals surface area contributed by atoms with E-state index in [0.717, 1.165) is 18.4 Å². The van der Waals surface area contributed by atoms with Crippen molar-refractivity contribution in [3.63, 3.8) is 0 Å². The number of hydrogen-bond donors (Lipinski definition) is 0. The van der Waals surface area contributed by atoms with E-state index in [1.54, 1.807) is 0 Å². The summed E-state index contributed by atoms with van der Waals surface area (Å²) in [7, 11) is 0. The molecular weight excluding hydrogens is 400 g/mol. The van der Waals surface area contributed by atoms with Crippen LogP contribution in [0.15, 0.2) is 42.5 Å². The zero-order valence-corrected chi connectivity index (χ0v) is 20.1. The van der Waals surface area contributed by atoms with Crippen molar-refractivity contribution in [3.05, 3.63) is 48.0 Å². The van der Waals surface area contributed by atoms with Gasteiger partial charge in [0, 0.05) is 12.0 Å². The van der Waals surface area contributed by atoms with Crippen molar-refractivity contribution in [1.29, 1.82) is 0 Å². The van der Waals surface area contributed by atoms with Crippen LogP contribution in [-0.4, -0.2) is 25.3 Å². The molecule has 0 spiro atoms. The third-order valence-electron chi connectivity index (χ3n) is 5.89.